The van der Waals surface area contributed by atoms with Crippen molar-refractivity contribution in [1.29, 1.82) is 0 Å². The summed E-state index contributed by atoms with van der Waals surface area (Å²) in [6.45, 7) is 1.28. The minimum Gasteiger partial charge on any atom is -0.496 e. The number of hydrogen-bond donors (Lipinski definition) is 2. The van der Waals surface area contributed by atoms with E-state index in [0.29, 0.717) is 23.7 Å². The first kappa shape index (κ1) is 15.0. The molecular formula is C17H19N3O3. The maximum atomic E-state index is 12.3. The topological polar surface area (TPSA) is 68.3 Å². The zero-order valence-electron chi connectivity index (χ0n) is 13.1. The Bertz CT molecular complexity index is 765. The second kappa shape index (κ2) is 6.48. The molecule has 0 spiro atoms. The molecule has 1 aromatic carbocycles. The van der Waals surface area contributed by atoms with Gasteiger partial charge in [-0.15, -0.1) is 0 Å². The van der Waals surface area contributed by atoms with E-state index in [-0.39, 0.29) is 5.91 Å². The summed E-state index contributed by atoms with van der Waals surface area (Å²) in [5.74, 6) is 1.22. The number of benzene rings is 1. The predicted octanol–water partition coefficient (Wildman–Crippen LogP) is 2.42. The first-order chi connectivity index (χ1) is 11.2. The van der Waals surface area contributed by atoms with E-state index in [1.165, 1.54) is 0 Å². The lowest BCUT2D eigenvalue weighted by Gasteiger charge is -2.05. The van der Waals surface area contributed by atoms with E-state index in [9.17, 15) is 4.79 Å². The van der Waals surface area contributed by atoms with Crippen molar-refractivity contribution in [2.24, 2.45) is 0 Å². The van der Waals surface area contributed by atoms with Crippen LogP contribution in [0.1, 0.15) is 10.5 Å². The van der Waals surface area contributed by atoms with E-state index in [2.05, 4.69) is 10.3 Å². The molecule has 2 heterocycles. The molecule has 120 valence electrons. The Morgan fingerprint density at radius 2 is 1.87 bits per heavy atom. The molecule has 0 aliphatic rings. The lowest BCUT2D eigenvalue weighted by molar-refractivity contribution is 0.0948. The highest BCUT2D eigenvalue weighted by molar-refractivity contribution is 6.01. The third-order valence-corrected chi connectivity index (χ3v) is 3.72. The number of amides is 1. The molecule has 0 saturated heterocycles. The van der Waals surface area contributed by atoms with Gasteiger partial charge in [0.15, 0.2) is 0 Å². The van der Waals surface area contributed by atoms with Gasteiger partial charge in [0.05, 0.1) is 19.7 Å². The van der Waals surface area contributed by atoms with Crippen LogP contribution in [0, 0.1) is 0 Å². The molecule has 1 amide bonds. The van der Waals surface area contributed by atoms with Gasteiger partial charge in [0.25, 0.3) is 5.91 Å². The standard InChI is InChI=1S/C17H19N3O3/c1-22-14-5-6-15(23-2)16-12(14)11-13(19-16)17(21)18-7-10-20-8-3-4-9-20/h3-6,8-9,11,19H,7,10H2,1-2H3,(H,18,21). The second-order valence-electron chi connectivity index (χ2n) is 5.12. The molecule has 3 rings (SSSR count). The van der Waals surface area contributed by atoms with Crippen molar-refractivity contribution in [2.45, 2.75) is 6.54 Å². The SMILES string of the molecule is COc1ccc(OC)c2[nH]c(C(=O)NCCn3cccc3)cc12. The maximum Gasteiger partial charge on any atom is 0.267 e. The molecule has 6 nitrogen and oxygen atoms in total. The number of carbonyl (C=O) groups excluding carboxylic acids is 1. The van der Waals surface area contributed by atoms with E-state index >= 15 is 0 Å². The summed E-state index contributed by atoms with van der Waals surface area (Å²) in [6, 6.07) is 9.33. The number of methoxy groups -OCH3 is 2. The molecule has 0 atom stereocenters. The van der Waals surface area contributed by atoms with Crippen LogP contribution in [-0.4, -0.2) is 36.2 Å². The molecule has 0 aliphatic carbocycles. The van der Waals surface area contributed by atoms with Gasteiger partial charge in [0.1, 0.15) is 17.2 Å². The Morgan fingerprint density at radius 3 is 2.57 bits per heavy atom. The zero-order valence-corrected chi connectivity index (χ0v) is 13.1. The van der Waals surface area contributed by atoms with Crippen molar-refractivity contribution in [1.82, 2.24) is 14.9 Å². The number of carbonyl (C=O) groups is 1. The molecule has 2 aromatic heterocycles. The number of fused-ring (bicyclic) bond motifs is 1. The van der Waals surface area contributed by atoms with Crippen LogP contribution in [0.3, 0.4) is 0 Å². The van der Waals surface area contributed by atoms with Gasteiger partial charge >= 0.3 is 0 Å². The van der Waals surface area contributed by atoms with Gasteiger partial charge in [-0.1, -0.05) is 0 Å². The summed E-state index contributed by atoms with van der Waals surface area (Å²) in [5, 5.41) is 3.72. The molecule has 0 saturated carbocycles. The summed E-state index contributed by atoms with van der Waals surface area (Å²) in [6.07, 6.45) is 3.93. The molecule has 2 N–H and O–H groups in total. The normalized spacial score (nSPS) is 10.7. The molecule has 3 aromatic rings. The third kappa shape index (κ3) is 3.01. The second-order valence-corrected chi connectivity index (χ2v) is 5.12. The van der Waals surface area contributed by atoms with E-state index < -0.39 is 0 Å². The lowest BCUT2D eigenvalue weighted by Crippen LogP contribution is -2.27. The molecule has 0 radical (unpaired) electrons. The molecule has 0 unspecified atom stereocenters. The number of H-pyrrole nitrogens is 1. The van der Waals surface area contributed by atoms with E-state index in [1.807, 2.05) is 41.2 Å². The fourth-order valence-corrected chi connectivity index (χ4v) is 2.55. The fourth-order valence-electron chi connectivity index (χ4n) is 2.55. The zero-order chi connectivity index (χ0) is 16.2. The summed E-state index contributed by atoms with van der Waals surface area (Å²) >= 11 is 0. The number of nitrogens with zero attached hydrogens (tertiary/aromatic N) is 1. The maximum absolute atomic E-state index is 12.3. The largest absolute Gasteiger partial charge is 0.496 e. The Balaban J connectivity index is 1.77. The van der Waals surface area contributed by atoms with Crippen LogP contribution >= 0.6 is 0 Å². The summed E-state index contributed by atoms with van der Waals surface area (Å²) in [7, 11) is 3.20. The Hall–Kier alpha value is -2.89. The molecule has 0 aliphatic heterocycles. The van der Waals surface area contributed by atoms with Crippen LogP contribution in [0.15, 0.2) is 42.7 Å². The number of aromatic nitrogens is 2. The molecule has 6 heteroatoms. The van der Waals surface area contributed by atoms with Crippen LogP contribution in [0.25, 0.3) is 10.9 Å². The first-order valence-electron chi connectivity index (χ1n) is 7.35. The van der Waals surface area contributed by atoms with Crippen molar-refractivity contribution in [2.75, 3.05) is 20.8 Å². The minimum atomic E-state index is -0.155. The smallest absolute Gasteiger partial charge is 0.267 e. The Labute approximate surface area is 134 Å². The van der Waals surface area contributed by atoms with E-state index in [0.717, 1.165) is 17.4 Å². The average molecular weight is 313 g/mol. The third-order valence-electron chi connectivity index (χ3n) is 3.72. The van der Waals surface area contributed by atoms with Gasteiger partial charge in [0.2, 0.25) is 0 Å². The van der Waals surface area contributed by atoms with Crippen molar-refractivity contribution in [3.63, 3.8) is 0 Å². The molecule has 0 fully saturated rings. The summed E-state index contributed by atoms with van der Waals surface area (Å²) in [4.78, 5) is 15.4. The number of rotatable bonds is 6. The Kier molecular flexibility index (Phi) is 4.23. The van der Waals surface area contributed by atoms with Gasteiger partial charge < -0.3 is 24.3 Å². The number of aromatic amines is 1. The van der Waals surface area contributed by atoms with Crippen molar-refractivity contribution in [3.05, 3.63) is 48.4 Å². The van der Waals surface area contributed by atoms with Crippen LogP contribution < -0.4 is 14.8 Å². The van der Waals surface area contributed by atoms with Crippen LogP contribution in [-0.2, 0) is 6.54 Å². The average Bonchev–Trinajstić information content (AvgIpc) is 3.23. The molecular weight excluding hydrogens is 294 g/mol. The van der Waals surface area contributed by atoms with Gasteiger partial charge in [0, 0.05) is 30.9 Å². The lowest BCUT2D eigenvalue weighted by atomic mass is 10.2. The van der Waals surface area contributed by atoms with E-state index in [1.54, 1.807) is 20.3 Å². The van der Waals surface area contributed by atoms with Gasteiger partial charge in [-0.3, -0.25) is 4.79 Å². The van der Waals surface area contributed by atoms with Gasteiger partial charge in [-0.2, -0.15) is 0 Å². The fraction of sp³-hybridized carbons (Fsp3) is 0.235. The van der Waals surface area contributed by atoms with Crippen molar-refractivity contribution >= 4 is 16.8 Å². The molecule has 23 heavy (non-hydrogen) atoms. The molecule has 0 bridgehead atoms. The summed E-state index contributed by atoms with van der Waals surface area (Å²) < 4.78 is 12.7. The number of hydrogen-bond acceptors (Lipinski definition) is 3. The van der Waals surface area contributed by atoms with E-state index in [4.69, 9.17) is 9.47 Å². The Morgan fingerprint density at radius 1 is 1.17 bits per heavy atom. The highest BCUT2D eigenvalue weighted by Gasteiger charge is 2.15. The highest BCUT2D eigenvalue weighted by atomic mass is 16.5. The highest BCUT2D eigenvalue weighted by Crippen LogP contribution is 2.33. The monoisotopic (exact) mass is 313 g/mol. The number of nitrogens with one attached hydrogen (secondary N) is 2. The van der Waals surface area contributed by atoms with Crippen LogP contribution in [0.2, 0.25) is 0 Å². The van der Waals surface area contributed by atoms with Gasteiger partial charge in [-0.25, -0.2) is 0 Å². The van der Waals surface area contributed by atoms with Crippen LogP contribution in [0.5, 0.6) is 11.5 Å². The minimum absolute atomic E-state index is 0.155. The quantitative estimate of drug-likeness (QED) is 0.734. The van der Waals surface area contributed by atoms with Crippen LogP contribution in [0.4, 0.5) is 0 Å². The van der Waals surface area contributed by atoms with Crippen molar-refractivity contribution < 1.29 is 14.3 Å². The van der Waals surface area contributed by atoms with Crippen molar-refractivity contribution in [3.8, 4) is 11.5 Å². The van der Waals surface area contributed by atoms with Gasteiger partial charge in [-0.05, 0) is 30.3 Å². The first-order valence-corrected chi connectivity index (χ1v) is 7.35. The number of ether oxygens (including phenoxy) is 2. The summed E-state index contributed by atoms with van der Waals surface area (Å²) in [5.41, 5.74) is 1.23. The predicted molar refractivity (Wildman–Crippen MR) is 88.2 cm³/mol.